The number of hydrogen-bond donors (Lipinski definition) is 0. The smallest absolute Gasteiger partial charge is 0.150 e. The van der Waals surface area contributed by atoms with Crippen LogP contribution in [-0.4, -0.2) is 6.29 Å². The third-order valence-electron chi connectivity index (χ3n) is 2.11. The van der Waals surface area contributed by atoms with Crippen molar-refractivity contribution in [2.75, 3.05) is 0 Å². The molecule has 0 saturated heterocycles. The predicted octanol–water partition coefficient (Wildman–Crippen LogP) is 3.08. The van der Waals surface area contributed by atoms with Crippen molar-refractivity contribution in [1.29, 1.82) is 10.5 Å². The molecule has 0 N–H and O–H groups in total. The Kier molecular flexibility index (Phi) is 4.94. The molecule has 0 spiro atoms. The van der Waals surface area contributed by atoms with Crippen LogP contribution in [0.3, 0.4) is 0 Å². The van der Waals surface area contributed by atoms with Gasteiger partial charge in [-0.2, -0.15) is 10.5 Å². The second kappa shape index (κ2) is 6.76. The Morgan fingerprint density at radius 2 is 1.65 bits per heavy atom. The average molecular weight is 222 g/mol. The fourth-order valence-electron chi connectivity index (χ4n) is 1.39. The molecule has 0 amide bonds. The van der Waals surface area contributed by atoms with Crippen molar-refractivity contribution in [3.8, 4) is 12.1 Å². The van der Waals surface area contributed by atoms with Crippen LogP contribution in [0.5, 0.6) is 0 Å². The molecule has 0 aromatic heterocycles. The number of rotatable bonds is 1. The summed E-state index contributed by atoms with van der Waals surface area (Å²) < 4.78 is 0. The first-order chi connectivity index (χ1) is 8.33. The monoisotopic (exact) mass is 222 g/mol. The molecule has 3 heteroatoms. The van der Waals surface area contributed by atoms with E-state index in [0.717, 1.165) is 22.6 Å². The average Bonchev–Trinajstić information content (AvgIpc) is 2.40. The number of hydrogen-bond acceptors (Lipinski definition) is 3. The highest BCUT2D eigenvalue weighted by Crippen LogP contribution is 2.16. The summed E-state index contributed by atoms with van der Waals surface area (Å²) >= 11 is 0. The van der Waals surface area contributed by atoms with Gasteiger partial charge in [0.25, 0.3) is 0 Å². The molecule has 2 rings (SSSR count). The molecule has 0 heterocycles. The van der Waals surface area contributed by atoms with Gasteiger partial charge < -0.3 is 0 Å². The van der Waals surface area contributed by atoms with Gasteiger partial charge in [0.2, 0.25) is 0 Å². The SMILES string of the molecule is N#CCC#N.O=Cc1cccc2ccccc12. The van der Waals surface area contributed by atoms with Crippen LogP contribution < -0.4 is 0 Å². The summed E-state index contributed by atoms with van der Waals surface area (Å²) in [6.07, 6.45) is 0.891. The fourth-order valence-corrected chi connectivity index (χ4v) is 1.39. The molecule has 0 unspecified atom stereocenters. The highest BCUT2D eigenvalue weighted by molar-refractivity contribution is 5.97. The molecule has 0 aliphatic carbocycles. The van der Waals surface area contributed by atoms with E-state index >= 15 is 0 Å². The van der Waals surface area contributed by atoms with E-state index < -0.39 is 0 Å². The number of benzene rings is 2. The number of fused-ring (bicyclic) bond motifs is 1. The highest BCUT2D eigenvalue weighted by Gasteiger charge is 1.96. The molecule has 2 aromatic rings. The lowest BCUT2D eigenvalue weighted by Gasteiger charge is -1.98. The first-order valence-corrected chi connectivity index (χ1v) is 5.00. The topological polar surface area (TPSA) is 64.7 Å². The third-order valence-corrected chi connectivity index (χ3v) is 2.11. The maximum Gasteiger partial charge on any atom is 0.150 e. The van der Waals surface area contributed by atoms with Crippen LogP contribution in [0.2, 0.25) is 0 Å². The van der Waals surface area contributed by atoms with E-state index in [-0.39, 0.29) is 6.42 Å². The van der Waals surface area contributed by atoms with Crippen molar-refractivity contribution in [2.24, 2.45) is 0 Å². The minimum Gasteiger partial charge on any atom is -0.298 e. The number of aldehydes is 1. The second-order valence-corrected chi connectivity index (χ2v) is 3.18. The van der Waals surface area contributed by atoms with Crippen LogP contribution in [-0.2, 0) is 0 Å². The molecule has 0 radical (unpaired) electrons. The quantitative estimate of drug-likeness (QED) is 0.696. The maximum atomic E-state index is 10.6. The van der Waals surface area contributed by atoms with Gasteiger partial charge in [-0.15, -0.1) is 0 Å². The Morgan fingerprint density at radius 3 is 2.24 bits per heavy atom. The minimum atomic E-state index is 0. The maximum absolute atomic E-state index is 10.6. The van der Waals surface area contributed by atoms with Crippen molar-refractivity contribution in [3.63, 3.8) is 0 Å². The molecule has 82 valence electrons. The van der Waals surface area contributed by atoms with E-state index in [2.05, 4.69) is 0 Å². The lowest BCUT2D eigenvalue weighted by molar-refractivity contribution is 0.112. The molecule has 0 fully saturated rings. The van der Waals surface area contributed by atoms with Crippen molar-refractivity contribution < 1.29 is 4.79 Å². The number of nitriles is 2. The van der Waals surface area contributed by atoms with Crippen LogP contribution in [0, 0.1) is 22.7 Å². The van der Waals surface area contributed by atoms with Gasteiger partial charge in [0.15, 0.2) is 6.29 Å². The molecule has 0 saturated carbocycles. The van der Waals surface area contributed by atoms with Crippen LogP contribution in [0.4, 0.5) is 0 Å². The predicted molar refractivity (Wildman–Crippen MR) is 65.2 cm³/mol. The van der Waals surface area contributed by atoms with E-state index in [1.165, 1.54) is 0 Å². The molecule has 0 aliphatic heterocycles. The van der Waals surface area contributed by atoms with Crippen LogP contribution >= 0.6 is 0 Å². The van der Waals surface area contributed by atoms with E-state index in [1.807, 2.05) is 42.5 Å². The van der Waals surface area contributed by atoms with Crippen LogP contribution in [0.15, 0.2) is 42.5 Å². The van der Waals surface area contributed by atoms with Crippen molar-refractivity contribution >= 4 is 17.1 Å². The Labute approximate surface area is 99.5 Å². The van der Waals surface area contributed by atoms with E-state index in [4.69, 9.17) is 10.5 Å². The Hall–Kier alpha value is -2.65. The first kappa shape index (κ1) is 12.4. The van der Waals surface area contributed by atoms with Gasteiger partial charge in [0.1, 0.15) is 6.42 Å². The molecular weight excluding hydrogens is 212 g/mol. The van der Waals surface area contributed by atoms with E-state index in [9.17, 15) is 4.79 Å². The molecule has 0 bridgehead atoms. The molecule has 17 heavy (non-hydrogen) atoms. The second-order valence-electron chi connectivity index (χ2n) is 3.18. The molecule has 0 aliphatic rings. The lowest BCUT2D eigenvalue weighted by atomic mass is 10.1. The van der Waals surface area contributed by atoms with Crippen LogP contribution in [0.1, 0.15) is 16.8 Å². The van der Waals surface area contributed by atoms with Gasteiger partial charge >= 0.3 is 0 Å². The van der Waals surface area contributed by atoms with Gasteiger partial charge in [0.05, 0.1) is 12.1 Å². The number of carbonyl (C=O) groups is 1. The zero-order valence-electron chi connectivity index (χ0n) is 9.13. The first-order valence-electron chi connectivity index (χ1n) is 5.00. The van der Waals surface area contributed by atoms with Crippen molar-refractivity contribution in [3.05, 3.63) is 48.0 Å². The summed E-state index contributed by atoms with van der Waals surface area (Å²) in [6.45, 7) is 0. The largest absolute Gasteiger partial charge is 0.298 e. The Bertz CT molecular complexity index is 574. The van der Waals surface area contributed by atoms with Crippen LogP contribution in [0.25, 0.3) is 10.8 Å². The lowest BCUT2D eigenvalue weighted by Crippen LogP contribution is -1.81. The standard InChI is InChI=1S/C11H8O.C3H2N2/c12-8-10-6-3-5-9-4-1-2-7-11(9)10;4-2-1-3-5/h1-8H;1H2. The third kappa shape index (κ3) is 3.44. The molecule has 3 nitrogen and oxygen atoms in total. The van der Waals surface area contributed by atoms with Gasteiger partial charge in [-0.25, -0.2) is 0 Å². The summed E-state index contributed by atoms with van der Waals surface area (Å²) in [6, 6.07) is 16.9. The Balaban J connectivity index is 0.000000249. The zero-order chi connectivity index (χ0) is 12.5. The van der Waals surface area contributed by atoms with E-state index in [0.29, 0.717) is 0 Å². The van der Waals surface area contributed by atoms with Gasteiger partial charge in [-0.05, 0) is 10.8 Å². The van der Waals surface area contributed by atoms with E-state index in [1.54, 1.807) is 12.1 Å². The van der Waals surface area contributed by atoms with Crippen molar-refractivity contribution in [2.45, 2.75) is 6.42 Å². The van der Waals surface area contributed by atoms with Gasteiger partial charge in [-0.3, -0.25) is 4.79 Å². The van der Waals surface area contributed by atoms with Gasteiger partial charge in [0, 0.05) is 5.56 Å². The number of carbonyl (C=O) groups excluding carboxylic acids is 1. The highest BCUT2D eigenvalue weighted by atomic mass is 16.1. The van der Waals surface area contributed by atoms with Crippen molar-refractivity contribution in [1.82, 2.24) is 0 Å². The number of nitrogens with zero attached hydrogens (tertiary/aromatic N) is 2. The summed E-state index contributed by atoms with van der Waals surface area (Å²) in [7, 11) is 0. The molecule has 2 aromatic carbocycles. The van der Waals surface area contributed by atoms with Gasteiger partial charge in [-0.1, -0.05) is 42.5 Å². The minimum absolute atomic E-state index is 0. The Morgan fingerprint density at radius 1 is 1.00 bits per heavy atom. The fraction of sp³-hybridized carbons (Fsp3) is 0.0714. The summed E-state index contributed by atoms with van der Waals surface area (Å²) in [5.41, 5.74) is 0.758. The zero-order valence-corrected chi connectivity index (χ0v) is 9.13. The summed E-state index contributed by atoms with van der Waals surface area (Å²) in [5, 5.41) is 17.3. The summed E-state index contributed by atoms with van der Waals surface area (Å²) in [5.74, 6) is 0. The normalized spacial score (nSPS) is 8.35. The molecule has 0 atom stereocenters. The summed E-state index contributed by atoms with van der Waals surface area (Å²) in [4.78, 5) is 10.6. The molecular formula is C14H10N2O.